The number of quaternary nitrogens is 1. The van der Waals surface area contributed by atoms with Crippen LogP contribution in [0, 0.1) is 16.0 Å². The van der Waals surface area contributed by atoms with Crippen molar-refractivity contribution in [3.05, 3.63) is 112 Å². The van der Waals surface area contributed by atoms with Crippen molar-refractivity contribution < 1.29 is 52.6 Å². The Labute approximate surface area is 380 Å². The molecule has 0 fully saturated rings. The summed E-state index contributed by atoms with van der Waals surface area (Å²) in [6, 6.07) is 16.0. The number of amides is 4. The van der Waals surface area contributed by atoms with Crippen LogP contribution in [-0.4, -0.2) is 95.5 Å². The van der Waals surface area contributed by atoms with Gasteiger partial charge in [0, 0.05) is 48.4 Å². The first kappa shape index (κ1) is 51.4. The molecule has 2 aromatic carbocycles. The maximum atomic E-state index is 14.6. The second-order valence-electron chi connectivity index (χ2n) is 16.0. The molecule has 0 radical (unpaired) electrons. The summed E-state index contributed by atoms with van der Waals surface area (Å²) in [4.78, 5) is 98.1. The van der Waals surface area contributed by atoms with Gasteiger partial charge in [0.05, 0.1) is 10.6 Å². The third-order valence-electron chi connectivity index (χ3n) is 9.74. The normalized spacial score (nSPS) is 17.8. The summed E-state index contributed by atoms with van der Waals surface area (Å²) in [5, 5.41) is 26.7. The molecule has 1 aliphatic rings. The summed E-state index contributed by atoms with van der Waals surface area (Å²) in [5.41, 5.74) is 12.8. The number of nitro groups is 1. The van der Waals surface area contributed by atoms with Crippen LogP contribution in [0.2, 0.25) is 0 Å². The number of rotatable bonds is 20. The van der Waals surface area contributed by atoms with Gasteiger partial charge >= 0.3 is 29.6 Å². The lowest BCUT2D eigenvalue weighted by atomic mass is 10.0. The molecule has 22 heteroatoms. The topological polar surface area (TPSA) is 282 Å². The number of nitrogens with zero attached hydrogens (tertiary/aromatic N) is 4. The molecule has 19 nitrogen and oxygen atoms in total. The maximum Gasteiger partial charge on any atom is 0.408 e. The number of imide groups is 1. The molecule has 4 unspecified atom stereocenters. The molecule has 4 rings (SSSR count). The molecule has 64 heavy (non-hydrogen) atoms. The molecule has 7 N–H and O–H groups in total. The summed E-state index contributed by atoms with van der Waals surface area (Å²) in [6.45, 7) is 9.27. The lowest BCUT2D eigenvalue weighted by molar-refractivity contribution is -0.727. The Morgan fingerprint density at radius 2 is 1.59 bits per heavy atom. The molecule has 0 saturated heterocycles. The molecule has 3 aromatic rings. The quantitative estimate of drug-likeness (QED) is 0.0198. The van der Waals surface area contributed by atoms with E-state index in [2.05, 4.69) is 15.6 Å². The van der Waals surface area contributed by atoms with Crippen molar-refractivity contribution in [2.24, 2.45) is 17.4 Å². The van der Waals surface area contributed by atoms with E-state index in [9.17, 15) is 44.1 Å². The number of aromatic nitrogens is 1. The lowest BCUT2D eigenvalue weighted by Gasteiger charge is -2.30. The van der Waals surface area contributed by atoms with Crippen LogP contribution in [-0.2, 0) is 41.3 Å². The first-order chi connectivity index (χ1) is 30.1. The number of alkyl carbamates (subject to hydrolysis) is 1. The van der Waals surface area contributed by atoms with Gasteiger partial charge in [-0.15, -0.1) is 4.48 Å². The van der Waals surface area contributed by atoms with E-state index in [0.717, 1.165) is 21.8 Å². The zero-order valence-electron chi connectivity index (χ0n) is 36.2. The monoisotopic (exact) mass is 941 g/mol. The van der Waals surface area contributed by atoms with Crippen LogP contribution in [0.1, 0.15) is 65.5 Å². The van der Waals surface area contributed by atoms with E-state index in [1.807, 2.05) is 0 Å². The van der Waals surface area contributed by atoms with E-state index in [1.165, 1.54) is 35.8 Å². The molecule has 1 aliphatic heterocycles. The summed E-state index contributed by atoms with van der Waals surface area (Å²) < 4.78 is 11.7. The third-order valence-corrected chi connectivity index (χ3v) is 13.3. The van der Waals surface area contributed by atoms with Gasteiger partial charge in [-0.2, -0.15) is 4.52 Å². The number of benzene rings is 2. The van der Waals surface area contributed by atoms with Crippen molar-refractivity contribution in [1.82, 2.24) is 19.9 Å². The molecule has 0 aliphatic carbocycles. The number of ether oxygens (including phenoxy) is 1. The fraction of sp³-hybridized carbons (Fsp3) is 0.405. The SMILES string of the molecule is CCC(C)C(NC(=O)[C@H](CC1=C[N+](C(=O)[C@H](C)N)(C(=O)[C@@H](N)Cc2ccccc2)CN1SSc1ncccc1[N+](=O)[O-])NC(=O)OC(C)(C)C)O[P+]([O-])=C(Cc1ccccc1)C(=O)O. The van der Waals surface area contributed by atoms with E-state index in [1.54, 1.807) is 95.3 Å². The number of carbonyl (C=O) groups excluding carboxylic acids is 4. The molecular formula is C42H54N8O11PS2+. The standard InChI is InChI=1S/C42H53N8O11PS2/c1-7-26(2)36(61-62(59)34(40(54)55)22-29-17-12-9-13-18-29)47-35(51)32(46-41(56)60-42(4,5)6)23-30-24-50(38(52)27(3)43,39(53)31(44)21-28-15-10-8-11-16-28)25-48(30)64-63-37-33(49(57)58)19-14-20-45-37/h8-20,24,26-27,31-32,36H,7,21-23,25,43-44H2,1-6H3,(H2-,46,47,51,54,55,56)/p+1/t26?,27-,31-,32-,36?,50?/m0/s1. The van der Waals surface area contributed by atoms with Crippen LogP contribution in [0.4, 0.5) is 10.5 Å². The van der Waals surface area contributed by atoms with Crippen LogP contribution in [0.15, 0.2) is 95.9 Å². The van der Waals surface area contributed by atoms with Crippen molar-refractivity contribution in [2.75, 3.05) is 6.67 Å². The highest BCUT2D eigenvalue weighted by Crippen LogP contribution is 2.44. The number of aliphatic carboxylic acids is 1. The van der Waals surface area contributed by atoms with E-state index in [-0.39, 0.29) is 29.3 Å². The highest BCUT2D eigenvalue weighted by Gasteiger charge is 2.54. The van der Waals surface area contributed by atoms with Gasteiger partial charge in [-0.3, -0.25) is 19.2 Å². The number of carbonyl (C=O) groups is 5. The number of hydrogen-bond acceptors (Lipinski definition) is 16. The number of nitrogens with two attached hydrogens (primary N) is 2. The Balaban J connectivity index is 1.80. The average Bonchev–Trinajstić information content (AvgIpc) is 3.61. The Morgan fingerprint density at radius 1 is 0.969 bits per heavy atom. The van der Waals surface area contributed by atoms with Crippen molar-refractivity contribution in [1.29, 1.82) is 0 Å². The predicted molar refractivity (Wildman–Crippen MR) is 241 cm³/mol. The van der Waals surface area contributed by atoms with Gasteiger partial charge in [-0.25, -0.2) is 24.2 Å². The van der Waals surface area contributed by atoms with E-state index >= 15 is 0 Å². The Morgan fingerprint density at radius 3 is 2.16 bits per heavy atom. The van der Waals surface area contributed by atoms with Gasteiger partial charge in [0.2, 0.25) is 19.2 Å². The van der Waals surface area contributed by atoms with Gasteiger partial charge in [0.25, 0.3) is 0 Å². The summed E-state index contributed by atoms with van der Waals surface area (Å²) >= 11 is 0. The highest BCUT2D eigenvalue weighted by molar-refractivity contribution is 8.75. The first-order valence-corrected chi connectivity index (χ1v) is 23.5. The smallest absolute Gasteiger partial charge is 0.408 e. The Hall–Kier alpha value is -5.25. The molecule has 1 aromatic heterocycles. The second kappa shape index (κ2) is 23.1. The predicted octanol–water partition coefficient (Wildman–Crippen LogP) is 4.51. The minimum atomic E-state index is -3.02. The van der Waals surface area contributed by atoms with Crippen LogP contribution < -0.4 is 27.0 Å². The highest BCUT2D eigenvalue weighted by atomic mass is 33.1. The van der Waals surface area contributed by atoms with Gasteiger partial charge in [-0.05, 0) is 62.1 Å². The van der Waals surface area contributed by atoms with Crippen molar-refractivity contribution in [3.63, 3.8) is 0 Å². The summed E-state index contributed by atoms with van der Waals surface area (Å²) in [7, 11) is -1.30. The average molecular weight is 942 g/mol. The van der Waals surface area contributed by atoms with Crippen LogP contribution in [0.5, 0.6) is 0 Å². The number of hydrogen-bond donors (Lipinski definition) is 5. The van der Waals surface area contributed by atoms with Gasteiger partial charge < -0.3 is 36.8 Å². The molecule has 4 amide bonds. The first-order valence-electron chi connectivity index (χ1n) is 20.2. The van der Waals surface area contributed by atoms with Gasteiger partial charge in [0.15, 0.2) is 17.9 Å². The van der Waals surface area contributed by atoms with Crippen LogP contribution >= 0.6 is 29.8 Å². The maximum absolute atomic E-state index is 14.6. The molecule has 0 saturated carbocycles. The minimum absolute atomic E-state index is 0.0129. The van der Waals surface area contributed by atoms with Crippen molar-refractivity contribution in [2.45, 2.75) is 102 Å². The van der Waals surface area contributed by atoms with Gasteiger partial charge in [-0.1, -0.05) is 74.5 Å². The number of carboxylic acids is 1. The zero-order valence-corrected chi connectivity index (χ0v) is 38.8. The fourth-order valence-electron chi connectivity index (χ4n) is 6.30. The number of carboxylic acid groups (broad SMARTS) is 1. The molecule has 344 valence electrons. The molecule has 2 heterocycles. The number of nitrogens with one attached hydrogen (secondary N) is 2. The van der Waals surface area contributed by atoms with Crippen LogP contribution in [0.3, 0.4) is 0 Å². The van der Waals surface area contributed by atoms with Crippen LogP contribution in [0.25, 0.3) is 0 Å². The Kier molecular flexibility index (Phi) is 18.5. The zero-order chi connectivity index (χ0) is 47.4. The molecule has 7 atom stereocenters. The fourth-order valence-corrected chi connectivity index (χ4v) is 9.60. The summed E-state index contributed by atoms with van der Waals surface area (Å²) in [6.07, 6.45) is 0.0770. The Bertz CT molecular complexity index is 2230. The second-order valence-corrected chi connectivity index (χ2v) is 19.4. The van der Waals surface area contributed by atoms with E-state index in [0.29, 0.717) is 17.5 Å². The van der Waals surface area contributed by atoms with Crippen molar-refractivity contribution in [3.8, 4) is 0 Å². The molecule has 0 spiro atoms. The lowest BCUT2D eigenvalue weighted by Crippen LogP contribution is -2.63. The van der Waals surface area contributed by atoms with E-state index in [4.69, 9.17) is 20.7 Å². The summed E-state index contributed by atoms with van der Waals surface area (Å²) in [5.74, 6) is -4.38. The van der Waals surface area contributed by atoms with Gasteiger partial charge in [0.1, 0.15) is 29.9 Å². The third kappa shape index (κ3) is 14.1. The van der Waals surface area contributed by atoms with E-state index < -0.39 is 101 Å². The minimum Gasteiger partial charge on any atom is -0.602 e. The molecular weight excluding hydrogens is 888 g/mol. The number of pyridine rings is 1. The molecule has 0 bridgehead atoms. The largest absolute Gasteiger partial charge is 0.602 e. The van der Waals surface area contributed by atoms with Crippen molar-refractivity contribution >= 4 is 70.5 Å².